The minimum Gasteiger partial charge on any atom is -0.497 e. The molecule has 2 N–H and O–H groups in total. The predicted molar refractivity (Wildman–Crippen MR) is 150 cm³/mol. The first-order valence-electron chi connectivity index (χ1n) is 13.1. The van der Waals surface area contributed by atoms with Gasteiger partial charge < -0.3 is 15.0 Å². The molecule has 1 aliphatic carbocycles. The summed E-state index contributed by atoms with van der Waals surface area (Å²) in [6.45, 7) is 0.262. The lowest BCUT2D eigenvalue weighted by molar-refractivity contribution is -0.141. The molecule has 0 aliphatic heterocycles. The van der Waals surface area contributed by atoms with E-state index in [1.807, 2.05) is 54.6 Å². The van der Waals surface area contributed by atoms with Gasteiger partial charge in [0.15, 0.2) is 0 Å². The highest BCUT2D eigenvalue weighted by molar-refractivity contribution is 7.89. The Morgan fingerprint density at radius 1 is 0.923 bits per heavy atom. The van der Waals surface area contributed by atoms with Crippen LogP contribution < -0.4 is 14.8 Å². The predicted octanol–water partition coefficient (Wildman–Crippen LogP) is 3.45. The van der Waals surface area contributed by atoms with Gasteiger partial charge in [0, 0.05) is 32.5 Å². The number of amides is 2. The van der Waals surface area contributed by atoms with E-state index in [2.05, 4.69) is 10.0 Å². The van der Waals surface area contributed by atoms with E-state index in [1.54, 1.807) is 43.3 Å². The van der Waals surface area contributed by atoms with Crippen LogP contribution in [0.3, 0.4) is 0 Å². The molecule has 0 unspecified atom stereocenters. The lowest BCUT2D eigenvalue weighted by Gasteiger charge is -2.31. The van der Waals surface area contributed by atoms with Crippen LogP contribution in [0.5, 0.6) is 5.75 Å². The van der Waals surface area contributed by atoms with Gasteiger partial charge in [-0.1, -0.05) is 54.6 Å². The van der Waals surface area contributed by atoms with Crippen molar-refractivity contribution in [1.29, 1.82) is 0 Å². The molecule has 9 heteroatoms. The molecule has 0 saturated heterocycles. The molecule has 2 amide bonds. The van der Waals surface area contributed by atoms with Crippen LogP contribution in [0.1, 0.15) is 36.0 Å². The summed E-state index contributed by atoms with van der Waals surface area (Å²) < 4.78 is 32.9. The molecule has 1 atom stereocenters. The topological polar surface area (TPSA) is 105 Å². The van der Waals surface area contributed by atoms with Crippen LogP contribution in [0.4, 0.5) is 0 Å². The second kappa shape index (κ2) is 12.9. The first-order valence-corrected chi connectivity index (χ1v) is 14.6. The fraction of sp³-hybridized carbons (Fsp3) is 0.333. The summed E-state index contributed by atoms with van der Waals surface area (Å²) in [7, 11) is -0.362. The number of carbonyl (C=O) groups excluding carboxylic acids is 2. The van der Waals surface area contributed by atoms with Crippen LogP contribution in [-0.4, -0.2) is 51.4 Å². The monoisotopic (exact) mass is 549 g/mol. The molecule has 1 saturated carbocycles. The lowest BCUT2D eigenvalue weighted by atomic mass is 10.0. The number of benzene rings is 3. The van der Waals surface area contributed by atoms with E-state index < -0.39 is 16.1 Å². The summed E-state index contributed by atoms with van der Waals surface area (Å²) in [5.74, 6) is 0.308. The molecular weight excluding hydrogens is 514 g/mol. The third kappa shape index (κ3) is 7.91. The summed E-state index contributed by atoms with van der Waals surface area (Å²) >= 11 is 0. The van der Waals surface area contributed by atoms with Crippen molar-refractivity contribution in [3.05, 3.63) is 95.6 Å². The zero-order valence-corrected chi connectivity index (χ0v) is 23.1. The van der Waals surface area contributed by atoms with Gasteiger partial charge in [-0.15, -0.1) is 0 Å². The maximum absolute atomic E-state index is 13.7. The number of hydrogen-bond acceptors (Lipinski definition) is 5. The van der Waals surface area contributed by atoms with Crippen molar-refractivity contribution in [2.24, 2.45) is 0 Å². The largest absolute Gasteiger partial charge is 0.497 e. The molecular formula is C30H35N3O5S. The van der Waals surface area contributed by atoms with Gasteiger partial charge >= 0.3 is 0 Å². The molecule has 0 aromatic heterocycles. The molecule has 3 aromatic rings. The van der Waals surface area contributed by atoms with Crippen molar-refractivity contribution in [1.82, 2.24) is 14.9 Å². The second-order valence-electron chi connectivity index (χ2n) is 9.73. The number of carbonyl (C=O) groups is 2. The molecule has 1 aliphatic rings. The minimum atomic E-state index is -3.53. The average molecular weight is 550 g/mol. The first-order chi connectivity index (χ1) is 18.8. The van der Waals surface area contributed by atoms with Crippen LogP contribution in [0, 0.1) is 0 Å². The normalized spacial score (nSPS) is 13.9. The molecule has 0 radical (unpaired) electrons. The molecule has 206 valence electrons. The SMILES string of the molecule is CNC(=O)[C@@H](Cc1ccccc1)N(Cc1ccc(OC)cc1)C(=O)CCc1ccc(S(=O)(=O)NC2CC2)cc1. The molecule has 0 heterocycles. The van der Waals surface area contributed by atoms with Crippen molar-refractivity contribution in [3.8, 4) is 5.75 Å². The Hall–Kier alpha value is -3.69. The second-order valence-corrected chi connectivity index (χ2v) is 11.4. The van der Waals surface area contributed by atoms with Gasteiger partial charge in [0.1, 0.15) is 11.8 Å². The van der Waals surface area contributed by atoms with Gasteiger partial charge in [0.25, 0.3) is 0 Å². The molecule has 39 heavy (non-hydrogen) atoms. The first kappa shape index (κ1) is 28.3. The number of nitrogens with one attached hydrogen (secondary N) is 2. The van der Waals surface area contributed by atoms with Gasteiger partial charge in [0.05, 0.1) is 12.0 Å². The number of nitrogens with zero attached hydrogens (tertiary/aromatic N) is 1. The van der Waals surface area contributed by atoms with Crippen molar-refractivity contribution >= 4 is 21.8 Å². The number of sulfonamides is 1. The molecule has 0 bridgehead atoms. The quantitative estimate of drug-likeness (QED) is 0.340. The van der Waals surface area contributed by atoms with E-state index in [9.17, 15) is 18.0 Å². The molecule has 3 aromatic carbocycles. The third-order valence-electron chi connectivity index (χ3n) is 6.79. The zero-order chi connectivity index (χ0) is 27.8. The standard InChI is InChI=1S/C30H35N3O5S/c1-31-30(35)28(20-23-6-4-3-5-7-23)33(21-24-8-15-26(38-2)16-9-24)29(34)19-12-22-10-17-27(18-11-22)39(36,37)32-25-13-14-25/h3-11,15-18,25,28,32H,12-14,19-21H2,1-2H3,(H,31,35)/t28-/m1/s1. The van der Waals surface area contributed by atoms with E-state index in [1.165, 1.54) is 0 Å². The Morgan fingerprint density at radius 2 is 1.56 bits per heavy atom. The molecule has 4 rings (SSSR count). The number of hydrogen-bond donors (Lipinski definition) is 2. The smallest absolute Gasteiger partial charge is 0.242 e. The van der Waals surface area contributed by atoms with Crippen molar-refractivity contribution in [3.63, 3.8) is 0 Å². The average Bonchev–Trinajstić information content (AvgIpc) is 3.77. The summed E-state index contributed by atoms with van der Waals surface area (Å²) in [6, 6.07) is 23.0. The van der Waals surface area contributed by atoms with Crippen LogP contribution in [0.15, 0.2) is 83.8 Å². The van der Waals surface area contributed by atoms with Crippen LogP contribution in [-0.2, 0) is 39.0 Å². The van der Waals surface area contributed by atoms with Crippen molar-refractivity contribution in [2.75, 3.05) is 14.2 Å². The summed E-state index contributed by atoms with van der Waals surface area (Å²) in [5, 5.41) is 2.72. The Kier molecular flexibility index (Phi) is 9.37. The molecule has 0 spiro atoms. The van der Waals surface area contributed by atoms with Gasteiger partial charge in [-0.05, 0) is 60.2 Å². The molecule has 8 nitrogen and oxygen atoms in total. The number of ether oxygens (including phenoxy) is 1. The Balaban J connectivity index is 1.51. The fourth-order valence-electron chi connectivity index (χ4n) is 4.37. The Labute approximate surface area is 230 Å². The van der Waals surface area contributed by atoms with Crippen LogP contribution >= 0.6 is 0 Å². The van der Waals surface area contributed by atoms with Gasteiger partial charge in [0.2, 0.25) is 21.8 Å². The van der Waals surface area contributed by atoms with E-state index >= 15 is 0 Å². The van der Waals surface area contributed by atoms with E-state index in [4.69, 9.17) is 4.74 Å². The number of methoxy groups -OCH3 is 1. The van der Waals surface area contributed by atoms with Crippen LogP contribution in [0.25, 0.3) is 0 Å². The highest BCUT2D eigenvalue weighted by Crippen LogP contribution is 2.23. The lowest BCUT2D eigenvalue weighted by Crippen LogP contribution is -2.49. The summed E-state index contributed by atoms with van der Waals surface area (Å²) in [5.41, 5.74) is 2.68. The van der Waals surface area contributed by atoms with Crippen LogP contribution in [0.2, 0.25) is 0 Å². The summed E-state index contributed by atoms with van der Waals surface area (Å²) in [4.78, 5) is 28.6. The van der Waals surface area contributed by atoms with E-state index in [-0.39, 0.29) is 35.7 Å². The fourth-order valence-corrected chi connectivity index (χ4v) is 5.67. The highest BCUT2D eigenvalue weighted by Gasteiger charge is 2.30. The minimum absolute atomic E-state index is 0.0353. The van der Waals surface area contributed by atoms with Gasteiger partial charge in [-0.3, -0.25) is 9.59 Å². The Bertz CT molecular complexity index is 1360. The van der Waals surface area contributed by atoms with Gasteiger partial charge in [-0.2, -0.15) is 0 Å². The maximum Gasteiger partial charge on any atom is 0.242 e. The van der Waals surface area contributed by atoms with Gasteiger partial charge in [-0.25, -0.2) is 13.1 Å². The van der Waals surface area contributed by atoms with Crippen molar-refractivity contribution in [2.45, 2.75) is 55.6 Å². The third-order valence-corrected chi connectivity index (χ3v) is 8.33. The maximum atomic E-state index is 13.7. The highest BCUT2D eigenvalue weighted by atomic mass is 32.2. The summed E-state index contributed by atoms with van der Waals surface area (Å²) in [6.07, 6.45) is 2.70. The number of rotatable bonds is 13. The number of likely N-dealkylation sites (N-methyl/N-ethyl adjacent to an activating group) is 1. The zero-order valence-electron chi connectivity index (χ0n) is 22.3. The van der Waals surface area contributed by atoms with E-state index in [0.29, 0.717) is 18.6 Å². The van der Waals surface area contributed by atoms with E-state index in [0.717, 1.165) is 29.5 Å². The molecule has 1 fully saturated rings. The number of aryl methyl sites for hydroxylation is 1. The Morgan fingerprint density at radius 3 is 2.15 bits per heavy atom. The van der Waals surface area contributed by atoms with Crippen molar-refractivity contribution < 1.29 is 22.7 Å².